The van der Waals surface area contributed by atoms with Gasteiger partial charge in [-0.05, 0) is 17.9 Å². The number of aromatic nitrogens is 2. The summed E-state index contributed by atoms with van der Waals surface area (Å²) in [6, 6.07) is 0. The number of thiophene rings is 1. The van der Waals surface area contributed by atoms with Gasteiger partial charge in [-0.25, -0.2) is 9.78 Å². The van der Waals surface area contributed by atoms with Crippen molar-refractivity contribution < 1.29 is 9.53 Å². The summed E-state index contributed by atoms with van der Waals surface area (Å²) >= 11 is 1.28. The van der Waals surface area contributed by atoms with Crippen LogP contribution in [0.15, 0.2) is 10.2 Å². The molecular formula is C10H11N3O3S. The largest absolute Gasteiger partial charge is 0.460 e. The summed E-state index contributed by atoms with van der Waals surface area (Å²) in [4.78, 5) is 30.2. The number of hydrogen-bond acceptors (Lipinski definition) is 6. The quantitative estimate of drug-likeness (QED) is 0.781. The molecule has 7 heteroatoms. The molecular weight excluding hydrogens is 242 g/mol. The Hall–Kier alpha value is -1.73. The van der Waals surface area contributed by atoms with Crippen LogP contribution in [-0.4, -0.2) is 22.5 Å². The van der Waals surface area contributed by atoms with Crippen LogP contribution < -0.4 is 11.3 Å². The number of rotatable bonds is 3. The monoisotopic (exact) mass is 253 g/mol. The van der Waals surface area contributed by atoms with E-state index in [0.717, 1.165) is 5.56 Å². The van der Waals surface area contributed by atoms with E-state index in [-0.39, 0.29) is 24.5 Å². The molecule has 17 heavy (non-hydrogen) atoms. The molecule has 0 aliphatic carbocycles. The van der Waals surface area contributed by atoms with Crippen LogP contribution >= 0.6 is 11.3 Å². The van der Waals surface area contributed by atoms with Crippen molar-refractivity contribution in [2.45, 2.75) is 13.5 Å². The second kappa shape index (κ2) is 4.64. The van der Waals surface area contributed by atoms with Gasteiger partial charge in [-0.1, -0.05) is 0 Å². The summed E-state index contributed by atoms with van der Waals surface area (Å²) in [5.74, 6) is -0.705. The van der Waals surface area contributed by atoms with Crippen molar-refractivity contribution in [1.29, 1.82) is 0 Å². The molecule has 2 aromatic heterocycles. The lowest BCUT2D eigenvalue weighted by Gasteiger charge is -2.00. The summed E-state index contributed by atoms with van der Waals surface area (Å²) in [7, 11) is 0. The lowest BCUT2D eigenvalue weighted by atomic mass is 10.2. The van der Waals surface area contributed by atoms with Crippen LogP contribution in [0, 0.1) is 0 Å². The normalized spacial score (nSPS) is 10.7. The minimum Gasteiger partial charge on any atom is -0.460 e. The maximum absolute atomic E-state index is 11.8. The van der Waals surface area contributed by atoms with Crippen molar-refractivity contribution in [3.05, 3.63) is 27.1 Å². The molecule has 0 saturated heterocycles. The second-order valence-corrected chi connectivity index (χ2v) is 4.14. The Morgan fingerprint density at radius 2 is 2.41 bits per heavy atom. The van der Waals surface area contributed by atoms with Gasteiger partial charge in [-0.15, -0.1) is 11.3 Å². The molecule has 90 valence electrons. The average Bonchev–Trinajstić information content (AvgIpc) is 2.72. The van der Waals surface area contributed by atoms with Gasteiger partial charge < -0.3 is 15.5 Å². The highest BCUT2D eigenvalue weighted by atomic mass is 32.1. The molecule has 0 spiro atoms. The third kappa shape index (κ3) is 2.06. The van der Waals surface area contributed by atoms with Gasteiger partial charge in [0.15, 0.2) is 0 Å². The lowest BCUT2D eigenvalue weighted by Crippen LogP contribution is -2.18. The smallest absolute Gasteiger partial charge is 0.374 e. The maximum atomic E-state index is 11.8. The number of nitrogens with two attached hydrogens (primary N) is 1. The van der Waals surface area contributed by atoms with E-state index in [0.29, 0.717) is 10.2 Å². The van der Waals surface area contributed by atoms with Gasteiger partial charge in [0.25, 0.3) is 5.56 Å². The molecule has 0 aliphatic heterocycles. The van der Waals surface area contributed by atoms with Gasteiger partial charge in [0.1, 0.15) is 4.83 Å². The molecule has 0 radical (unpaired) electrons. The molecule has 0 saturated carbocycles. The first-order valence-electron chi connectivity index (χ1n) is 5.05. The summed E-state index contributed by atoms with van der Waals surface area (Å²) in [6.45, 7) is 2.19. The van der Waals surface area contributed by atoms with E-state index in [1.54, 1.807) is 12.3 Å². The zero-order valence-corrected chi connectivity index (χ0v) is 9.97. The first-order valence-corrected chi connectivity index (χ1v) is 5.93. The fraction of sp³-hybridized carbons (Fsp3) is 0.300. The van der Waals surface area contributed by atoms with Gasteiger partial charge in [0.2, 0.25) is 5.82 Å². The summed E-state index contributed by atoms with van der Waals surface area (Å²) < 4.78 is 4.77. The third-order valence-corrected chi connectivity index (χ3v) is 3.13. The standard InChI is InChI=1S/C10H11N3O3S/c1-2-16-10(15)7-12-8(14)6-5(3-11)4-17-9(6)13-7/h4H,2-3,11H2,1H3,(H,12,13,14). The molecule has 2 rings (SSSR count). The number of fused-ring (bicyclic) bond motifs is 1. The highest BCUT2D eigenvalue weighted by Gasteiger charge is 2.15. The Bertz CT molecular complexity index is 617. The fourth-order valence-electron chi connectivity index (χ4n) is 1.45. The Morgan fingerprint density at radius 1 is 1.65 bits per heavy atom. The highest BCUT2D eigenvalue weighted by molar-refractivity contribution is 7.16. The van der Waals surface area contributed by atoms with Crippen LogP contribution in [0.5, 0.6) is 0 Å². The van der Waals surface area contributed by atoms with E-state index in [4.69, 9.17) is 10.5 Å². The first-order chi connectivity index (χ1) is 8.17. The zero-order valence-electron chi connectivity index (χ0n) is 9.15. The minimum atomic E-state index is -0.630. The van der Waals surface area contributed by atoms with Crippen LogP contribution in [0.2, 0.25) is 0 Å². The van der Waals surface area contributed by atoms with E-state index >= 15 is 0 Å². The van der Waals surface area contributed by atoms with Crippen molar-refractivity contribution in [1.82, 2.24) is 9.97 Å². The van der Waals surface area contributed by atoms with Crippen LogP contribution in [0.4, 0.5) is 0 Å². The van der Waals surface area contributed by atoms with Crippen molar-refractivity contribution in [3.63, 3.8) is 0 Å². The topological polar surface area (TPSA) is 98.1 Å². The highest BCUT2D eigenvalue weighted by Crippen LogP contribution is 2.20. The van der Waals surface area contributed by atoms with Gasteiger partial charge in [-0.3, -0.25) is 4.79 Å². The molecule has 2 heterocycles. The Labute approximate surface area is 100 Å². The fourth-order valence-corrected chi connectivity index (χ4v) is 2.41. The van der Waals surface area contributed by atoms with Crippen LogP contribution in [0.3, 0.4) is 0 Å². The predicted molar refractivity (Wildman–Crippen MR) is 64.1 cm³/mol. The van der Waals surface area contributed by atoms with E-state index in [9.17, 15) is 9.59 Å². The van der Waals surface area contributed by atoms with Crippen molar-refractivity contribution >= 4 is 27.5 Å². The Morgan fingerprint density at radius 3 is 3.06 bits per heavy atom. The van der Waals surface area contributed by atoms with E-state index < -0.39 is 5.97 Å². The lowest BCUT2D eigenvalue weighted by molar-refractivity contribution is 0.0512. The predicted octanol–water partition coefficient (Wildman–Crippen LogP) is 0.620. The molecule has 0 aliphatic rings. The number of aromatic amines is 1. The molecule has 6 nitrogen and oxygen atoms in total. The van der Waals surface area contributed by atoms with E-state index in [1.165, 1.54) is 11.3 Å². The minimum absolute atomic E-state index is 0.0743. The van der Waals surface area contributed by atoms with Crippen LogP contribution in [0.1, 0.15) is 23.1 Å². The molecule has 0 unspecified atom stereocenters. The number of hydrogen-bond donors (Lipinski definition) is 2. The number of esters is 1. The van der Waals surface area contributed by atoms with Crippen molar-refractivity contribution in [2.75, 3.05) is 6.61 Å². The molecule has 3 N–H and O–H groups in total. The molecule has 0 aromatic carbocycles. The van der Waals surface area contributed by atoms with Gasteiger partial charge in [0.05, 0.1) is 12.0 Å². The molecule has 2 aromatic rings. The summed E-state index contributed by atoms with van der Waals surface area (Å²) in [6.07, 6.45) is 0. The number of carbonyl (C=O) groups excluding carboxylic acids is 1. The first kappa shape index (κ1) is 11.7. The number of carbonyl (C=O) groups is 1. The maximum Gasteiger partial charge on any atom is 0.374 e. The van der Waals surface area contributed by atoms with E-state index in [2.05, 4.69) is 9.97 Å². The van der Waals surface area contributed by atoms with Gasteiger partial charge >= 0.3 is 5.97 Å². The van der Waals surface area contributed by atoms with Crippen molar-refractivity contribution in [2.24, 2.45) is 5.73 Å². The third-order valence-electron chi connectivity index (χ3n) is 2.21. The second-order valence-electron chi connectivity index (χ2n) is 3.28. The summed E-state index contributed by atoms with van der Waals surface area (Å²) in [5, 5.41) is 2.22. The Balaban J connectivity index is 2.57. The molecule has 0 atom stereocenters. The van der Waals surface area contributed by atoms with Gasteiger partial charge in [0, 0.05) is 6.54 Å². The summed E-state index contributed by atoms with van der Waals surface area (Å²) in [5.41, 5.74) is 5.88. The van der Waals surface area contributed by atoms with Crippen LogP contribution in [0.25, 0.3) is 10.2 Å². The number of H-pyrrole nitrogens is 1. The molecule has 0 fully saturated rings. The average molecular weight is 253 g/mol. The van der Waals surface area contributed by atoms with Crippen LogP contribution in [-0.2, 0) is 11.3 Å². The SMILES string of the molecule is CCOC(=O)c1nc2scc(CN)c2c(=O)[nH]1. The van der Waals surface area contributed by atoms with E-state index in [1.807, 2.05) is 0 Å². The van der Waals surface area contributed by atoms with Gasteiger partial charge in [-0.2, -0.15) is 0 Å². The van der Waals surface area contributed by atoms with Crippen molar-refractivity contribution in [3.8, 4) is 0 Å². The Kier molecular flexibility index (Phi) is 3.21. The number of nitrogens with zero attached hydrogens (tertiary/aromatic N) is 1. The number of nitrogens with one attached hydrogen (secondary N) is 1. The molecule has 0 bridgehead atoms. The number of ether oxygens (including phenoxy) is 1. The molecule has 0 amide bonds. The zero-order chi connectivity index (χ0) is 12.4.